The summed E-state index contributed by atoms with van der Waals surface area (Å²) in [4.78, 5) is 0. The van der Waals surface area contributed by atoms with Crippen LogP contribution in [0.1, 0.15) is 30.6 Å². The quantitative estimate of drug-likeness (QED) is 0.898. The number of aromatic nitrogens is 2. The van der Waals surface area contributed by atoms with Gasteiger partial charge in [-0.15, -0.1) is 0 Å². The van der Waals surface area contributed by atoms with E-state index in [0.29, 0.717) is 6.61 Å². The lowest BCUT2D eigenvalue weighted by Gasteiger charge is -2.15. The smallest absolute Gasteiger partial charge is 0.148 e. The van der Waals surface area contributed by atoms with Crippen LogP contribution in [0.15, 0.2) is 24.3 Å². The van der Waals surface area contributed by atoms with Crippen molar-refractivity contribution in [2.75, 3.05) is 17.7 Å². The number of nitrogens with two attached hydrogens (primary N) is 1. The van der Waals surface area contributed by atoms with Crippen molar-refractivity contribution >= 4 is 11.5 Å². The molecule has 2 heterocycles. The van der Waals surface area contributed by atoms with Gasteiger partial charge < -0.3 is 15.8 Å². The van der Waals surface area contributed by atoms with Crippen LogP contribution in [0, 0.1) is 6.92 Å². The normalized spacial score (nSPS) is 16.8. The Balaban J connectivity index is 1.89. The highest BCUT2D eigenvalue weighted by molar-refractivity contribution is 5.66. The lowest BCUT2D eigenvalue weighted by Crippen LogP contribution is -2.16. The number of ether oxygens (including phenoxy) is 1. The summed E-state index contributed by atoms with van der Waals surface area (Å²) in [6.45, 7) is 5.54. The number of benzene rings is 1. The minimum Gasteiger partial charge on any atom is -0.491 e. The second kappa shape index (κ2) is 5.07. The van der Waals surface area contributed by atoms with E-state index < -0.39 is 0 Å². The molecule has 106 valence electrons. The number of nitrogen functional groups attached to an aromatic ring is 1. The highest BCUT2D eigenvalue weighted by atomic mass is 16.5. The van der Waals surface area contributed by atoms with Gasteiger partial charge in [0.2, 0.25) is 0 Å². The average Bonchev–Trinajstić information content (AvgIpc) is 2.97. The van der Waals surface area contributed by atoms with Crippen molar-refractivity contribution in [2.24, 2.45) is 0 Å². The van der Waals surface area contributed by atoms with E-state index in [1.54, 1.807) is 0 Å². The summed E-state index contributed by atoms with van der Waals surface area (Å²) in [7, 11) is 0. The maximum Gasteiger partial charge on any atom is 0.148 e. The zero-order chi connectivity index (χ0) is 14.1. The molecule has 1 aromatic carbocycles. The van der Waals surface area contributed by atoms with E-state index in [0.717, 1.165) is 35.9 Å². The zero-order valence-electron chi connectivity index (χ0n) is 11.9. The Labute approximate surface area is 118 Å². The van der Waals surface area contributed by atoms with Gasteiger partial charge in [0.25, 0.3) is 0 Å². The highest BCUT2D eigenvalue weighted by Gasteiger charge is 2.25. The summed E-state index contributed by atoms with van der Waals surface area (Å²) in [5.74, 6) is 1.84. The van der Waals surface area contributed by atoms with Crippen LogP contribution in [0.4, 0.5) is 11.5 Å². The van der Waals surface area contributed by atoms with E-state index in [1.807, 2.05) is 29.8 Å². The number of nitrogens with one attached hydrogen (secondary N) is 1. The fraction of sp³-hybridized carbons (Fsp3) is 0.400. The van der Waals surface area contributed by atoms with Crippen molar-refractivity contribution in [2.45, 2.75) is 32.9 Å². The van der Waals surface area contributed by atoms with Gasteiger partial charge in [0.05, 0.1) is 17.4 Å². The molecule has 0 amide bonds. The third kappa shape index (κ3) is 2.09. The van der Waals surface area contributed by atoms with Gasteiger partial charge in [-0.3, -0.25) is 0 Å². The zero-order valence-corrected chi connectivity index (χ0v) is 11.9. The van der Waals surface area contributed by atoms with Crippen molar-refractivity contribution in [1.29, 1.82) is 0 Å². The first-order valence-electron chi connectivity index (χ1n) is 7.01. The van der Waals surface area contributed by atoms with E-state index in [-0.39, 0.29) is 6.04 Å². The molecule has 0 radical (unpaired) electrons. The maximum atomic E-state index is 6.15. The van der Waals surface area contributed by atoms with Gasteiger partial charge in [-0.05, 0) is 19.4 Å². The van der Waals surface area contributed by atoms with Crippen LogP contribution < -0.4 is 15.8 Å². The number of hydrogen-bond donors (Lipinski definition) is 2. The molecule has 1 atom stereocenters. The minimum atomic E-state index is 0.125. The van der Waals surface area contributed by atoms with Gasteiger partial charge >= 0.3 is 0 Å². The maximum absolute atomic E-state index is 6.15. The molecule has 1 aliphatic heterocycles. The predicted molar refractivity (Wildman–Crippen MR) is 80.0 cm³/mol. The van der Waals surface area contributed by atoms with E-state index in [1.165, 1.54) is 5.56 Å². The van der Waals surface area contributed by atoms with Gasteiger partial charge in [-0.1, -0.05) is 25.1 Å². The highest BCUT2D eigenvalue weighted by Crippen LogP contribution is 2.35. The van der Waals surface area contributed by atoms with Gasteiger partial charge in [0.1, 0.15) is 18.2 Å². The number of anilines is 2. The molecule has 5 nitrogen and oxygen atoms in total. The lowest BCUT2D eigenvalue weighted by molar-refractivity contribution is 0.339. The SMILES string of the molecule is CCCn1nc(C)c(N)c1NC1COc2ccccc21. The summed E-state index contributed by atoms with van der Waals surface area (Å²) >= 11 is 0. The number of aryl methyl sites for hydroxylation is 2. The first-order valence-corrected chi connectivity index (χ1v) is 7.01. The summed E-state index contributed by atoms with van der Waals surface area (Å²) in [6.07, 6.45) is 1.02. The first-order chi connectivity index (χ1) is 9.70. The Morgan fingerprint density at radius 2 is 2.25 bits per heavy atom. The topological polar surface area (TPSA) is 65.1 Å². The third-order valence-corrected chi connectivity index (χ3v) is 3.62. The number of hydrogen-bond acceptors (Lipinski definition) is 4. The number of nitrogens with zero attached hydrogens (tertiary/aromatic N) is 2. The molecule has 0 aliphatic carbocycles. The molecule has 0 saturated carbocycles. The van der Waals surface area contributed by atoms with E-state index in [9.17, 15) is 0 Å². The molecular weight excluding hydrogens is 252 g/mol. The van der Waals surface area contributed by atoms with Gasteiger partial charge in [-0.2, -0.15) is 5.10 Å². The van der Waals surface area contributed by atoms with Crippen molar-refractivity contribution in [3.63, 3.8) is 0 Å². The molecule has 1 unspecified atom stereocenters. The van der Waals surface area contributed by atoms with E-state index in [4.69, 9.17) is 10.5 Å². The summed E-state index contributed by atoms with van der Waals surface area (Å²) < 4.78 is 7.65. The molecule has 0 spiro atoms. The molecule has 2 aromatic rings. The van der Waals surface area contributed by atoms with E-state index >= 15 is 0 Å². The van der Waals surface area contributed by atoms with Gasteiger partial charge in [0.15, 0.2) is 0 Å². The fourth-order valence-corrected chi connectivity index (χ4v) is 2.57. The lowest BCUT2D eigenvalue weighted by atomic mass is 10.1. The second-order valence-electron chi connectivity index (χ2n) is 5.12. The Morgan fingerprint density at radius 3 is 3.05 bits per heavy atom. The van der Waals surface area contributed by atoms with Gasteiger partial charge in [-0.25, -0.2) is 4.68 Å². The molecule has 5 heteroatoms. The predicted octanol–water partition coefficient (Wildman–Crippen LogP) is 2.73. The third-order valence-electron chi connectivity index (χ3n) is 3.62. The molecule has 1 aliphatic rings. The van der Waals surface area contributed by atoms with Crippen LogP contribution >= 0.6 is 0 Å². The van der Waals surface area contributed by atoms with Crippen LogP contribution in [-0.2, 0) is 6.54 Å². The summed E-state index contributed by atoms with van der Waals surface area (Å²) in [6, 6.07) is 8.22. The van der Waals surface area contributed by atoms with Crippen LogP contribution in [0.2, 0.25) is 0 Å². The van der Waals surface area contributed by atoms with Gasteiger partial charge in [0, 0.05) is 12.1 Å². The van der Waals surface area contributed by atoms with Crippen LogP contribution in [0.5, 0.6) is 5.75 Å². The molecular formula is C15H20N4O. The second-order valence-corrected chi connectivity index (χ2v) is 5.12. The molecule has 0 fully saturated rings. The van der Waals surface area contributed by atoms with Crippen LogP contribution in [0.25, 0.3) is 0 Å². The average molecular weight is 272 g/mol. The van der Waals surface area contributed by atoms with Crippen LogP contribution in [0.3, 0.4) is 0 Å². The Morgan fingerprint density at radius 1 is 1.45 bits per heavy atom. The molecule has 20 heavy (non-hydrogen) atoms. The van der Waals surface area contributed by atoms with E-state index in [2.05, 4.69) is 23.4 Å². The Kier molecular flexibility index (Phi) is 3.26. The fourth-order valence-electron chi connectivity index (χ4n) is 2.57. The minimum absolute atomic E-state index is 0.125. The summed E-state index contributed by atoms with van der Waals surface area (Å²) in [5.41, 5.74) is 8.91. The van der Waals surface area contributed by atoms with Crippen molar-refractivity contribution in [3.8, 4) is 5.75 Å². The molecule has 0 saturated heterocycles. The first kappa shape index (κ1) is 12.8. The monoisotopic (exact) mass is 272 g/mol. The number of rotatable bonds is 4. The van der Waals surface area contributed by atoms with Crippen molar-refractivity contribution in [3.05, 3.63) is 35.5 Å². The van der Waals surface area contributed by atoms with Crippen molar-refractivity contribution < 1.29 is 4.74 Å². The Hall–Kier alpha value is -2.17. The Bertz CT molecular complexity index is 620. The largest absolute Gasteiger partial charge is 0.491 e. The molecule has 3 N–H and O–H groups in total. The van der Waals surface area contributed by atoms with Crippen LogP contribution in [-0.4, -0.2) is 16.4 Å². The standard InChI is InChI=1S/C15H20N4O/c1-3-8-19-15(14(16)10(2)18-19)17-12-9-20-13-7-5-4-6-11(12)13/h4-7,12,17H,3,8-9,16H2,1-2H3. The molecule has 3 rings (SSSR count). The number of fused-ring (bicyclic) bond motifs is 1. The molecule has 0 bridgehead atoms. The van der Waals surface area contributed by atoms with Crippen molar-refractivity contribution in [1.82, 2.24) is 9.78 Å². The number of para-hydroxylation sites is 1. The molecule has 1 aromatic heterocycles. The summed E-state index contributed by atoms with van der Waals surface area (Å²) in [5, 5.41) is 7.98.